The van der Waals surface area contributed by atoms with Crippen molar-refractivity contribution in [2.75, 3.05) is 6.54 Å². The van der Waals surface area contributed by atoms with Gasteiger partial charge in [-0.3, -0.25) is 15.0 Å². The molecule has 3 heterocycles. The highest BCUT2D eigenvalue weighted by atomic mass is 16.6. The summed E-state index contributed by atoms with van der Waals surface area (Å²) in [5, 5.41) is 7.14. The number of ether oxygens (including phenoxy) is 1. The number of benzene rings is 1. The molecule has 0 saturated heterocycles. The number of aromatic amines is 1. The van der Waals surface area contributed by atoms with E-state index in [1.165, 1.54) is 5.56 Å². The third-order valence-electron chi connectivity index (χ3n) is 6.61. The number of hydrogen-bond acceptors (Lipinski definition) is 6. The highest BCUT2D eigenvalue weighted by Crippen LogP contribution is 2.34. The number of hydrogen-bond donors (Lipinski definition) is 1. The zero-order valence-electron chi connectivity index (χ0n) is 21.3. The molecule has 4 aromatic rings. The smallest absolute Gasteiger partial charge is 0.420 e. The molecular weight excluding hydrogens is 452 g/mol. The third-order valence-corrected chi connectivity index (χ3v) is 6.61. The van der Waals surface area contributed by atoms with Crippen LogP contribution in [0.2, 0.25) is 0 Å². The summed E-state index contributed by atoms with van der Waals surface area (Å²) in [5.41, 5.74) is 4.53. The van der Waals surface area contributed by atoms with Crippen LogP contribution in [0, 0.1) is 0 Å². The van der Waals surface area contributed by atoms with Crippen molar-refractivity contribution in [3.63, 3.8) is 0 Å². The molecule has 188 valence electrons. The van der Waals surface area contributed by atoms with Crippen LogP contribution in [0.25, 0.3) is 11.0 Å². The molecule has 36 heavy (non-hydrogen) atoms. The SMILES string of the molecule is CC(C)(C)OC(=O)n1c(CN(CCCc2ccn[nH]2)C2CCCc3cccnc32)nc2ccccc21. The van der Waals surface area contributed by atoms with Crippen LogP contribution >= 0.6 is 0 Å². The standard InChI is InChI=1S/C28H34N6O2/c1-28(2,3)36-27(35)34-23-13-5-4-12-22(23)31-25(34)19-33(18-8-11-21-15-17-30-32-21)24-14-6-9-20-10-7-16-29-26(20)24/h4-5,7,10,12-13,15-17,24H,6,8-9,11,14,18-19H2,1-3H3,(H,30,32). The molecule has 5 rings (SSSR count). The first-order valence-corrected chi connectivity index (χ1v) is 12.7. The maximum absolute atomic E-state index is 13.3. The normalized spacial score (nSPS) is 15.8. The molecule has 1 aliphatic carbocycles. The van der Waals surface area contributed by atoms with Crippen molar-refractivity contribution >= 4 is 17.1 Å². The van der Waals surface area contributed by atoms with Gasteiger partial charge in [0.2, 0.25) is 0 Å². The van der Waals surface area contributed by atoms with Gasteiger partial charge in [0.1, 0.15) is 11.4 Å². The molecule has 1 aliphatic rings. The fraction of sp³-hybridized carbons (Fsp3) is 0.429. The number of H-pyrrole nitrogens is 1. The number of rotatable bonds is 7. The molecule has 1 aromatic carbocycles. The molecule has 1 N–H and O–H groups in total. The van der Waals surface area contributed by atoms with Crippen molar-refractivity contribution in [2.24, 2.45) is 0 Å². The van der Waals surface area contributed by atoms with E-state index in [2.05, 4.69) is 21.2 Å². The van der Waals surface area contributed by atoms with E-state index in [1.54, 1.807) is 10.8 Å². The van der Waals surface area contributed by atoms with E-state index in [4.69, 9.17) is 14.7 Å². The van der Waals surface area contributed by atoms with Crippen LogP contribution in [-0.4, -0.2) is 47.9 Å². The van der Waals surface area contributed by atoms with Crippen molar-refractivity contribution in [1.29, 1.82) is 0 Å². The number of nitrogens with zero attached hydrogens (tertiary/aromatic N) is 5. The summed E-state index contributed by atoms with van der Waals surface area (Å²) in [6, 6.07) is 14.1. The van der Waals surface area contributed by atoms with Crippen molar-refractivity contribution < 1.29 is 9.53 Å². The number of fused-ring (bicyclic) bond motifs is 2. The first kappa shape index (κ1) is 24.2. The second-order valence-electron chi connectivity index (χ2n) is 10.4. The Morgan fingerprint density at radius 2 is 2.03 bits per heavy atom. The number of imidazole rings is 1. The minimum atomic E-state index is -0.601. The van der Waals surface area contributed by atoms with E-state index in [-0.39, 0.29) is 6.04 Å². The van der Waals surface area contributed by atoms with E-state index in [0.717, 1.165) is 61.1 Å². The van der Waals surface area contributed by atoms with Crippen LogP contribution < -0.4 is 0 Å². The molecule has 0 saturated carbocycles. The molecule has 1 unspecified atom stereocenters. The molecule has 0 amide bonds. The number of nitrogens with one attached hydrogen (secondary N) is 1. The van der Waals surface area contributed by atoms with E-state index >= 15 is 0 Å². The van der Waals surface area contributed by atoms with Crippen LogP contribution in [0.4, 0.5) is 4.79 Å². The lowest BCUT2D eigenvalue weighted by atomic mass is 9.90. The van der Waals surface area contributed by atoms with Crippen LogP contribution in [0.15, 0.2) is 54.9 Å². The Morgan fingerprint density at radius 3 is 2.83 bits per heavy atom. The lowest BCUT2D eigenvalue weighted by molar-refractivity contribution is 0.0530. The molecule has 0 fully saturated rings. The lowest BCUT2D eigenvalue weighted by Gasteiger charge is -2.35. The van der Waals surface area contributed by atoms with Gasteiger partial charge < -0.3 is 4.74 Å². The summed E-state index contributed by atoms with van der Waals surface area (Å²) in [5.74, 6) is 0.690. The number of carbonyl (C=O) groups is 1. The summed E-state index contributed by atoms with van der Waals surface area (Å²) in [6.45, 7) is 7.02. The van der Waals surface area contributed by atoms with E-state index < -0.39 is 11.7 Å². The Morgan fingerprint density at radius 1 is 1.17 bits per heavy atom. The third kappa shape index (κ3) is 5.33. The van der Waals surface area contributed by atoms with Crippen LogP contribution in [-0.2, 0) is 24.1 Å². The Balaban J connectivity index is 1.49. The quantitative estimate of drug-likeness (QED) is 0.374. The van der Waals surface area contributed by atoms with Gasteiger partial charge in [0.15, 0.2) is 0 Å². The second kappa shape index (κ2) is 10.2. The van der Waals surface area contributed by atoms with Crippen molar-refractivity contribution in [3.8, 4) is 0 Å². The predicted octanol–water partition coefficient (Wildman–Crippen LogP) is 5.45. The van der Waals surface area contributed by atoms with Gasteiger partial charge in [0.25, 0.3) is 0 Å². The van der Waals surface area contributed by atoms with Crippen molar-refractivity contribution in [3.05, 3.63) is 77.6 Å². The average molecular weight is 487 g/mol. The highest BCUT2D eigenvalue weighted by molar-refractivity contribution is 5.87. The average Bonchev–Trinajstić information content (AvgIpc) is 3.49. The van der Waals surface area contributed by atoms with Gasteiger partial charge in [-0.15, -0.1) is 0 Å². The van der Waals surface area contributed by atoms with Crippen LogP contribution in [0.3, 0.4) is 0 Å². The minimum Gasteiger partial charge on any atom is -0.443 e. The Hall–Kier alpha value is -3.52. The molecule has 8 nitrogen and oxygen atoms in total. The Bertz CT molecular complexity index is 1320. The van der Waals surface area contributed by atoms with Crippen LogP contribution in [0.5, 0.6) is 0 Å². The first-order valence-electron chi connectivity index (χ1n) is 12.7. The van der Waals surface area contributed by atoms with Crippen molar-refractivity contribution in [2.45, 2.75) is 71.1 Å². The number of pyridine rings is 1. The zero-order valence-corrected chi connectivity index (χ0v) is 21.3. The van der Waals surface area contributed by atoms with E-state index in [9.17, 15) is 4.79 Å². The fourth-order valence-corrected chi connectivity index (χ4v) is 5.06. The number of carbonyl (C=O) groups excluding carboxylic acids is 1. The maximum atomic E-state index is 13.3. The van der Waals surface area contributed by atoms with Gasteiger partial charge in [-0.1, -0.05) is 18.2 Å². The fourth-order valence-electron chi connectivity index (χ4n) is 5.06. The minimum absolute atomic E-state index is 0.170. The predicted molar refractivity (Wildman–Crippen MR) is 139 cm³/mol. The Labute approximate surface area is 211 Å². The maximum Gasteiger partial charge on any atom is 0.420 e. The highest BCUT2D eigenvalue weighted by Gasteiger charge is 2.30. The molecule has 0 spiro atoms. The van der Waals surface area contributed by atoms with E-state index in [0.29, 0.717) is 12.4 Å². The van der Waals surface area contributed by atoms with Gasteiger partial charge in [-0.25, -0.2) is 14.3 Å². The summed E-state index contributed by atoms with van der Waals surface area (Å²) < 4.78 is 7.43. The zero-order chi connectivity index (χ0) is 25.1. The van der Waals surface area contributed by atoms with Gasteiger partial charge >= 0.3 is 6.09 Å². The first-order chi connectivity index (χ1) is 17.4. The lowest BCUT2D eigenvalue weighted by Crippen LogP contribution is -2.35. The molecule has 0 bridgehead atoms. The van der Waals surface area contributed by atoms with E-state index in [1.807, 2.05) is 63.4 Å². The van der Waals surface area contributed by atoms with Gasteiger partial charge in [-0.2, -0.15) is 5.10 Å². The van der Waals surface area contributed by atoms with Gasteiger partial charge in [-0.05, 0) is 89.2 Å². The summed E-state index contributed by atoms with van der Waals surface area (Å²) in [6.07, 6.45) is 8.33. The summed E-state index contributed by atoms with van der Waals surface area (Å²) >= 11 is 0. The summed E-state index contributed by atoms with van der Waals surface area (Å²) in [4.78, 5) is 25.5. The largest absolute Gasteiger partial charge is 0.443 e. The second-order valence-corrected chi connectivity index (χ2v) is 10.4. The molecular formula is C28H34N6O2. The number of para-hydroxylation sites is 2. The molecule has 0 radical (unpaired) electrons. The van der Waals surface area contributed by atoms with Crippen LogP contribution in [0.1, 0.15) is 68.9 Å². The monoisotopic (exact) mass is 486 g/mol. The molecule has 8 heteroatoms. The summed E-state index contributed by atoms with van der Waals surface area (Å²) in [7, 11) is 0. The molecule has 1 atom stereocenters. The number of aromatic nitrogens is 5. The number of aryl methyl sites for hydroxylation is 2. The van der Waals surface area contributed by atoms with Crippen molar-refractivity contribution in [1.82, 2.24) is 29.6 Å². The molecule has 3 aromatic heterocycles. The molecule has 0 aliphatic heterocycles. The van der Waals surface area contributed by atoms with Gasteiger partial charge in [0, 0.05) is 18.1 Å². The topological polar surface area (TPSA) is 88.9 Å². The Kier molecular flexibility index (Phi) is 6.87. The van der Waals surface area contributed by atoms with Gasteiger partial charge in [0.05, 0.1) is 29.3 Å².